The number of hydrogen-bond donors (Lipinski definition) is 1. The van der Waals surface area contributed by atoms with E-state index in [-0.39, 0.29) is 11.8 Å². The van der Waals surface area contributed by atoms with Crippen molar-refractivity contribution in [2.75, 3.05) is 18.6 Å². The van der Waals surface area contributed by atoms with Crippen LogP contribution < -0.4 is 5.32 Å². The van der Waals surface area contributed by atoms with Crippen LogP contribution in [0.3, 0.4) is 0 Å². The second-order valence-corrected chi connectivity index (χ2v) is 7.71. The SMILES string of the molecule is CCNC(CCS(C)(=O)=O)c1ccc(Br)cc1C. The van der Waals surface area contributed by atoms with Crippen molar-refractivity contribution in [1.82, 2.24) is 5.32 Å². The third kappa shape index (κ3) is 5.08. The molecule has 102 valence electrons. The molecular formula is C13H20BrNO2S. The van der Waals surface area contributed by atoms with Gasteiger partial charge in [-0.3, -0.25) is 0 Å². The molecule has 5 heteroatoms. The van der Waals surface area contributed by atoms with Gasteiger partial charge in [-0.25, -0.2) is 8.42 Å². The van der Waals surface area contributed by atoms with Gasteiger partial charge < -0.3 is 5.32 Å². The van der Waals surface area contributed by atoms with Crippen molar-refractivity contribution >= 4 is 25.8 Å². The average molecular weight is 334 g/mol. The highest BCUT2D eigenvalue weighted by atomic mass is 79.9. The lowest BCUT2D eigenvalue weighted by Gasteiger charge is -2.20. The first-order chi connectivity index (χ1) is 8.33. The maximum absolute atomic E-state index is 11.3. The number of aryl methyl sites for hydroxylation is 1. The quantitative estimate of drug-likeness (QED) is 0.870. The van der Waals surface area contributed by atoms with Crippen LogP contribution in [0.2, 0.25) is 0 Å². The number of hydrogen-bond acceptors (Lipinski definition) is 3. The Morgan fingerprint density at radius 2 is 2.06 bits per heavy atom. The van der Waals surface area contributed by atoms with E-state index in [0.29, 0.717) is 6.42 Å². The third-order valence-electron chi connectivity index (χ3n) is 2.84. The molecule has 1 unspecified atom stereocenters. The first-order valence-corrected chi connectivity index (χ1v) is 8.86. The Morgan fingerprint density at radius 1 is 1.39 bits per heavy atom. The predicted octanol–water partition coefficient (Wildman–Crippen LogP) is 2.84. The van der Waals surface area contributed by atoms with E-state index in [4.69, 9.17) is 0 Å². The maximum Gasteiger partial charge on any atom is 0.147 e. The molecule has 0 aromatic heterocycles. The first kappa shape index (κ1) is 15.7. The Bertz CT molecular complexity index is 500. The zero-order chi connectivity index (χ0) is 13.8. The van der Waals surface area contributed by atoms with E-state index in [1.165, 1.54) is 17.4 Å². The summed E-state index contributed by atoms with van der Waals surface area (Å²) in [6.45, 7) is 4.90. The summed E-state index contributed by atoms with van der Waals surface area (Å²) < 4.78 is 23.6. The van der Waals surface area contributed by atoms with Gasteiger partial charge in [-0.05, 0) is 43.1 Å². The van der Waals surface area contributed by atoms with Gasteiger partial charge in [0.2, 0.25) is 0 Å². The van der Waals surface area contributed by atoms with Gasteiger partial charge in [0.15, 0.2) is 0 Å². The molecule has 1 aromatic rings. The summed E-state index contributed by atoms with van der Waals surface area (Å²) in [5.41, 5.74) is 2.34. The molecule has 18 heavy (non-hydrogen) atoms. The van der Waals surface area contributed by atoms with Crippen LogP contribution in [0.15, 0.2) is 22.7 Å². The summed E-state index contributed by atoms with van der Waals surface area (Å²) in [5, 5.41) is 3.35. The highest BCUT2D eigenvalue weighted by Gasteiger charge is 2.15. The van der Waals surface area contributed by atoms with Crippen LogP contribution in [-0.2, 0) is 9.84 Å². The summed E-state index contributed by atoms with van der Waals surface area (Å²) >= 11 is 3.44. The van der Waals surface area contributed by atoms with Gasteiger partial charge >= 0.3 is 0 Å². The van der Waals surface area contributed by atoms with E-state index in [0.717, 1.165) is 11.0 Å². The Hall–Kier alpha value is -0.390. The van der Waals surface area contributed by atoms with Crippen molar-refractivity contribution in [2.24, 2.45) is 0 Å². The summed E-state index contributed by atoms with van der Waals surface area (Å²) in [6.07, 6.45) is 1.89. The molecule has 1 atom stereocenters. The third-order valence-corrected chi connectivity index (χ3v) is 4.31. The molecule has 0 saturated carbocycles. The molecule has 0 aliphatic rings. The molecule has 0 spiro atoms. The molecule has 3 nitrogen and oxygen atoms in total. The number of nitrogens with one attached hydrogen (secondary N) is 1. The van der Waals surface area contributed by atoms with Crippen LogP contribution in [0.25, 0.3) is 0 Å². The molecule has 0 heterocycles. The number of benzene rings is 1. The second kappa shape index (κ2) is 6.68. The zero-order valence-electron chi connectivity index (χ0n) is 11.0. The minimum Gasteiger partial charge on any atom is -0.310 e. The largest absolute Gasteiger partial charge is 0.310 e. The normalized spacial score (nSPS) is 13.6. The highest BCUT2D eigenvalue weighted by Crippen LogP contribution is 2.24. The molecule has 0 saturated heterocycles. The molecule has 0 aliphatic carbocycles. The van der Waals surface area contributed by atoms with Gasteiger partial charge in [0.25, 0.3) is 0 Å². The van der Waals surface area contributed by atoms with Crippen LogP contribution in [-0.4, -0.2) is 27.0 Å². The number of rotatable bonds is 6. The van der Waals surface area contributed by atoms with E-state index >= 15 is 0 Å². The fourth-order valence-electron chi connectivity index (χ4n) is 1.98. The highest BCUT2D eigenvalue weighted by molar-refractivity contribution is 9.10. The van der Waals surface area contributed by atoms with Crippen molar-refractivity contribution in [3.05, 3.63) is 33.8 Å². The van der Waals surface area contributed by atoms with E-state index in [9.17, 15) is 8.42 Å². The van der Waals surface area contributed by atoms with E-state index < -0.39 is 9.84 Å². The van der Waals surface area contributed by atoms with Crippen molar-refractivity contribution in [3.63, 3.8) is 0 Å². The molecule has 0 radical (unpaired) electrons. The van der Waals surface area contributed by atoms with Gasteiger partial charge in [-0.15, -0.1) is 0 Å². The van der Waals surface area contributed by atoms with Crippen LogP contribution in [0.4, 0.5) is 0 Å². The summed E-state index contributed by atoms with van der Waals surface area (Å²) in [5.74, 6) is 0.209. The van der Waals surface area contributed by atoms with Crippen LogP contribution in [0.5, 0.6) is 0 Å². The van der Waals surface area contributed by atoms with Gasteiger partial charge in [-0.2, -0.15) is 0 Å². The average Bonchev–Trinajstić information content (AvgIpc) is 2.24. The second-order valence-electron chi connectivity index (χ2n) is 4.53. The van der Waals surface area contributed by atoms with Crippen molar-refractivity contribution in [3.8, 4) is 0 Å². The van der Waals surface area contributed by atoms with E-state index in [2.05, 4.69) is 33.4 Å². The van der Waals surface area contributed by atoms with Crippen molar-refractivity contribution < 1.29 is 8.42 Å². The molecule has 1 N–H and O–H groups in total. The summed E-state index contributed by atoms with van der Waals surface area (Å²) in [7, 11) is -2.92. The predicted molar refractivity (Wildman–Crippen MR) is 79.6 cm³/mol. The monoisotopic (exact) mass is 333 g/mol. The van der Waals surface area contributed by atoms with Crippen molar-refractivity contribution in [1.29, 1.82) is 0 Å². The van der Waals surface area contributed by atoms with Gasteiger partial charge in [0, 0.05) is 16.8 Å². The topological polar surface area (TPSA) is 46.2 Å². The lowest BCUT2D eigenvalue weighted by atomic mass is 9.99. The number of sulfone groups is 1. The van der Waals surface area contributed by atoms with E-state index in [1.807, 2.05) is 19.9 Å². The Labute approximate surface area is 118 Å². The molecular weight excluding hydrogens is 314 g/mol. The van der Waals surface area contributed by atoms with Crippen molar-refractivity contribution in [2.45, 2.75) is 26.3 Å². The molecule has 0 aliphatic heterocycles. The minimum absolute atomic E-state index is 0.0952. The lowest BCUT2D eigenvalue weighted by molar-refractivity contribution is 0.528. The van der Waals surface area contributed by atoms with Crippen LogP contribution in [0.1, 0.15) is 30.5 Å². The molecule has 1 aromatic carbocycles. The molecule has 0 amide bonds. The van der Waals surface area contributed by atoms with Gasteiger partial charge in [-0.1, -0.05) is 28.9 Å². The Morgan fingerprint density at radius 3 is 2.56 bits per heavy atom. The van der Waals surface area contributed by atoms with Gasteiger partial charge in [0.05, 0.1) is 5.75 Å². The smallest absolute Gasteiger partial charge is 0.147 e. The molecule has 1 rings (SSSR count). The molecule has 0 fully saturated rings. The maximum atomic E-state index is 11.3. The standard InChI is InChI=1S/C13H20BrNO2S/c1-4-15-13(7-8-18(3,16)17)12-6-5-11(14)9-10(12)2/h5-6,9,13,15H,4,7-8H2,1-3H3. The number of halogens is 1. The summed E-state index contributed by atoms with van der Waals surface area (Å²) in [6, 6.07) is 6.19. The fourth-order valence-corrected chi connectivity index (χ4v) is 3.12. The van der Waals surface area contributed by atoms with Crippen LogP contribution >= 0.6 is 15.9 Å². The summed E-state index contributed by atoms with van der Waals surface area (Å²) in [4.78, 5) is 0. The Balaban J connectivity index is 2.90. The lowest BCUT2D eigenvalue weighted by Crippen LogP contribution is -2.24. The molecule has 0 bridgehead atoms. The minimum atomic E-state index is -2.92. The zero-order valence-corrected chi connectivity index (χ0v) is 13.4. The first-order valence-electron chi connectivity index (χ1n) is 6.00. The van der Waals surface area contributed by atoms with Crippen LogP contribution in [0, 0.1) is 6.92 Å². The Kier molecular flexibility index (Phi) is 5.82. The van der Waals surface area contributed by atoms with E-state index in [1.54, 1.807) is 0 Å². The van der Waals surface area contributed by atoms with Gasteiger partial charge in [0.1, 0.15) is 9.84 Å². The fraction of sp³-hybridized carbons (Fsp3) is 0.538.